The Kier molecular flexibility index (Phi) is 6.64. The van der Waals surface area contributed by atoms with Crippen molar-refractivity contribution in [3.05, 3.63) is 64.3 Å². The van der Waals surface area contributed by atoms with Gasteiger partial charge in [0.05, 0.1) is 28.0 Å². The molecule has 0 saturated carbocycles. The van der Waals surface area contributed by atoms with Gasteiger partial charge in [-0.3, -0.25) is 14.5 Å². The number of carbonyl (C=O) groups excluding carboxylic acids is 1. The molecule has 10 heteroatoms. The fraction of sp³-hybridized carbons (Fsp3) is 0.375. The first-order chi connectivity index (χ1) is 16.5. The molecule has 3 N–H and O–H groups in total. The monoisotopic (exact) mass is 483 g/mol. The number of halogens is 1. The van der Waals surface area contributed by atoms with Crippen LogP contribution in [0.25, 0.3) is 10.9 Å². The number of nitrogens with one attached hydrogen (secondary N) is 2. The number of amides is 1. The lowest BCUT2D eigenvalue weighted by molar-refractivity contribution is -0.113. The number of aliphatic hydroxyl groups is 1. The van der Waals surface area contributed by atoms with Gasteiger partial charge in [-0.15, -0.1) is 11.8 Å². The summed E-state index contributed by atoms with van der Waals surface area (Å²) in [5.74, 6) is 0.657. The molecule has 5 rings (SSSR count). The molecule has 4 heterocycles. The average molecular weight is 484 g/mol. The largest absolute Gasteiger partial charge is 0.391 e. The van der Waals surface area contributed by atoms with Crippen LogP contribution in [0.5, 0.6) is 0 Å². The highest BCUT2D eigenvalue weighted by Crippen LogP contribution is 2.29. The van der Waals surface area contributed by atoms with Crippen molar-refractivity contribution in [2.45, 2.75) is 24.1 Å². The fourth-order valence-electron chi connectivity index (χ4n) is 4.55. The predicted octanol–water partition coefficient (Wildman–Crippen LogP) is 1.66. The number of aliphatic hydroxyl groups excluding tert-OH is 1. The fourth-order valence-corrected chi connectivity index (χ4v) is 5.30. The molecule has 3 aromatic rings. The predicted molar refractivity (Wildman–Crippen MR) is 129 cm³/mol. The van der Waals surface area contributed by atoms with E-state index in [1.165, 1.54) is 30.0 Å². The molecule has 1 saturated heterocycles. The Morgan fingerprint density at radius 1 is 1.15 bits per heavy atom. The second-order valence-corrected chi connectivity index (χ2v) is 9.75. The van der Waals surface area contributed by atoms with Crippen molar-refractivity contribution < 1.29 is 14.3 Å². The number of hydrogen-bond acceptors (Lipinski definition) is 7. The lowest BCUT2D eigenvalue weighted by Crippen LogP contribution is -2.31. The van der Waals surface area contributed by atoms with E-state index in [-0.39, 0.29) is 23.2 Å². The molecule has 8 nitrogen and oxygen atoms in total. The highest BCUT2D eigenvalue weighted by atomic mass is 32.2. The lowest BCUT2D eigenvalue weighted by Gasteiger charge is -2.18. The van der Waals surface area contributed by atoms with Gasteiger partial charge < -0.3 is 20.3 Å². The first-order valence-corrected chi connectivity index (χ1v) is 12.3. The van der Waals surface area contributed by atoms with Gasteiger partial charge in [-0.05, 0) is 41.8 Å². The average Bonchev–Trinajstić information content (AvgIpc) is 3.17. The minimum Gasteiger partial charge on any atom is -0.391 e. The lowest BCUT2D eigenvalue weighted by atomic mass is 10.1. The summed E-state index contributed by atoms with van der Waals surface area (Å²) in [5, 5.41) is 17.5. The van der Waals surface area contributed by atoms with Crippen molar-refractivity contribution in [1.82, 2.24) is 19.8 Å². The van der Waals surface area contributed by atoms with Crippen LogP contribution in [0.2, 0.25) is 0 Å². The van der Waals surface area contributed by atoms with Gasteiger partial charge in [0.2, 0.25) is 5.91 Å². The third-order valence-corrected chi connectivity index (χ3v) is 7.37. The summed E-state index contributed by atoms with van der Waals surface area (Å²) in [6.45, 7) is 3.40. The van der Waals surface area contributed by atoms with Gasteiger partial charge in [0.25, 0.3) is 5.56 Å². The number of aromatic nitrogens is 2. The maximum Gasteiger partial charge on any atom is 0.251 e. The van der Waals surface area contributed by atoms with Crippen LogP contribution in [-0.2, 0) is 17.9 Å². The van der Waals surface area contributed by atoms with Gasteiger partial charge in [-0.1, -0.05) is 0 Å². The Hall–Kier alpha value is -2.79. The second-order valence-electron chi connectivity index (χ2n) is 8.73. The molecule has 0 radical (unpaired) electrons. The SMILES string of the molecule is O=C1CSc2ccc(CNC[C@H]3CN(CCn4c(=O)ccc5ccc(F)cc54)C[C@H]3O)nc2N1. The quantitative estimate of drug-likeness (QED) is 0.470. The summed E-state index contributed by atoms with van der Waals surface area (Å²) in [5.41, 5.74) is 1.24. The molecular formula is C24H26FN5O3S. The summed E-state index contributed by atoms with van der Waals surface area (Å²) >= 11 is 1.48. The molecule has 2 aromatic heterocycles. The first-order valence-electron chi connectivity index (χ1n) is 11.3. The van der Waals surface area contributed by atoms with Crippen LogP contribution in [-0.4, -0.2) is 63.5 Å². The van der Waals surface area contributed by atoms with E-state index in [1.807, 2.05) is 12.1 Å². The Bertz CT molecular complexity index is 1280. The number of benzene rings is 1. The minimum absolute atomic E-state index is 0.0415. The smallest absolute Gasteiger partial charge is 0.251 e. The van der Waals surface area contributed by atoms with E-state index in [4.69, 9.17) is 0 Å². The number of fused-ring (bicyclic) bond motifs is 2. The van der Waals surface area contributed by atoms with Gasteiger partial charge in [0.15, 0.2) is 0 Å². The first kappa shape index (κ1) is 23.0. The molecule has 2 aliphatic rings. The molecule has 2 atom stereocenters. The highest BCUT2D eigenvalue weighted by molar-refractivity contribution is 8.00. The maximum atomic E-state index is 13.7. The number of pyridine rings is 2. The van der Waals surface area contributed by atoms with Gasteiger partial charge >= 0.3 is 0 Å². The molecule has 0 bridgehead atoms. The number of hydrogen-bond donors (Lipinski definition) is 3. The molecule has 2 aliphatic heterocycles. The zero-order valence-electron chi connectivity index (χ0n) is 18.5. The standard InChI is InChI=1S/C24H26FN5O3S/c25-17-3-1-15-2-6-23(33)30(19(15)9-17)8-7-29-12-16(20(31)13-29)10-26-11-18-4-5-21-24(27-18)28-22(32)14-34-21/h1-6,9,16,20,26,31H,7-8,10-14H2,(H,27,28,32)/t16-,20+/m0/s1. The molecule has 34 heavy (non-hydrogen) atoms. The Labute approximate surface area is 200 Å². The minimum atomic E-state index is -0.471. The van der Waals surface area contributed by atoms with Crippen LogP contribution in [0.15, 0.2) is 52.2 Å². The molecule has 0 unspecified atom stereocenters. The van der Waals surface area contributed by atoms with E-state index in [9.17, 15) is 19.1 Å². The van der Waals surface area contributed by atoms with Crippen molar-refractivity contribution in [3.63, 3.8) is 0 Å². The molecule has 178 valence electrons. The van der Waals surface area contributed by atoms with E-state index in [1.54, 1.807) is 16.7 Å². The summed E-state index contributed by atoms with van der Waals surface area (Å²) in [7, 11) is 0. The molecule has 1 fully saturated rings. The third kappa shape index (κ3) is 5.00. The van der Waals surface area contributed by atoms with Gasteiger partial charge in [0.1, 0.15) is 11.6 Å². The zero-order chi connectivity index (χ0) is 23.7. The van der Waals surface area contributed by atoms with Crippen molar-refractivity contribution in [3.8, 4) is 0 Å². The van der Waals surface area contributed by atoms with Gasteiger partial charge in [-0.25, -0.2) is 9.37 Å². The van der Waals surface area contributed by atoms with Crippen LogP contribution < -0.4 is 16.2 Å². The summed E-state index contributed by atoms with van der Waals surface area (Å²) in [6, 6.07) is 11.6. The van der Waals surface area contributed by atoms with E-state index in [0.29, 0.717) is 56.4 Å². The number of anilines is 1. The van der Waals surface area contributed by atoms with Crippen LogP contribution >= 0.6 is 11.8 Å². The number of thioether (sulfide) groups is 1. The molecule has 0 spiro atoms. The molecule has 1 aromatic carbocycles. The summed E-state index contributed by atoms with van der Waals surface area (Å²) in [6.07, 6.45) is -0.471. The number of rotatable bonds is 7. The third-order valence-electron chi connectivity index (χ3n) is 6.32. The molecule has 1 amide bonds. The Morgan fingerprint density at radius 3 is 2.88 bits per heavy atom. The van der Waals surface area contributed by atoms with Gasteiger partial charge in [-0.2, -0.15) is 0 Å². The molecule has 0 aliphatic carbocycles. The Morgan fingerprint density at radius 2 is 2.00 bits per heavy atom. The van der Waals surface area contributed by atoms with E-state index >= 15 is 0 Å². The summed E-state index contributed by atoms with van der Waals surface area (Å²) < 4.78 is 15.3. The number of nitrogens with zero attached hydrogens (tertiary/aromatic N) is 3. The Balaban J connectivity index is 1.15. The normalized spacial score (nSPS) is 20.5. The van der Waals surface area contributed by atoms with Crippen LogP contribution in [0.4, 0.5) is 10.2 Å². The van der Waals surface area contributed by atoms with Crippen LogP contribution in [0, 0.1) is 11.7 Å². The van der Waals surface area contributed by atoms with Gasteiger partial charge in [0, 0.05) is 51.3 Å². The van der Waals surface area contributed by atoms with E-state index in [2.05, 4.69) is 20.5 Å². The van der Waals surface area contributed by atoms with Crippen molar-refractivity contribution in [2.24, 2.45) is 5.92 Å². The van der Waals surface area contributed by atoms with E-state index in [0.717, 1.165) is 16.0 Å². The van der Waals surface area contributed by atoms with Crippen LogP contribution in [0.1, 0.15) is 5.69 Å². The maximum absolute atomic E-state index is 13.7. The highest BCUT2D eigenvalue weighted by Gasteiger charge is 2.30. The number of β-amino-alcohol motifs (C(OH)–C–C–N with tert-alkyl or cyclic N) is 1. The van der Waals surface area contributed by atoms with E-state index < -0.39 is 6.10 Å². The van der Waals surface area contributed by atoms with Crippen molar-refractivity contribution in [2.75, 3.05) is 37.2 Å². The second kappa shape index (κ2) is 9.83. The van der Waals surface area contributed by atoms with Crippen LogP contribution in [0.3, 0.4) is 0 Å². The number of carbonyl (C=O) groups is 1. The van der Waals surface area contributed by atoms with Crippen molar-refractivity contribution in [1.29, 1.82) is 0 Å². The number of likely N-dealkylation sites (tertiary alicyclic amines) is 1. The summed E-state index contributed by atoms with van der Waals surface area (Å²) in [4.78, 5) is 31.6. The topological polar surface area (TPSA) is 99.5 Å². The zero-order valence-corrected chi connectivity index (χ0v) is 19.4. The molecular weight excluding hydrogens is 457 g/mol. The van der Waals surface area contributed by atoms with Crippen molar-refractivity contribution >= 4 is 34.4 Å².